The van der Waals surface area contributed by atoms with Crippen LogP contribution < -0.4 is 0 Å². The number of ether oxygens (including phenoxy) is 5. The molecule has 3 saturated carbocycles. The Balaban J connectivity index is 1.22. The van der Waals surface area contributed by atoms with Crippen LogP contribution in [-0.4, -0.2) is 42.1 Å². The van der Waals surface area contributed by atoms with Gasteiger partial charge in [-0.05, 0) is 74.0 Å². The molecule has 2 bridgehead atoms. The first-order chi connectivity index (χ1) is 17.4. The Morgan fingerprint density at radius 2 is 1.84 bits per heavy atom. The minimum absolute atomic E-state index is 0.0237. The molecule has 7 rings (SSSR count). The fourth-order valence-corrected chi connectivity index (χ4v) is 10.8. The van der Waals surface area contributed by atoms with E-state index in [0.717, 1.165) is 58.0 Å². The second kappa shape index (κ2) is 7.83. The van der Waals surface area contributed by atoms with Crippen molar-refractivity contribution >= 4 is 5.97 Å². The van der Waals surface area contributed by atoms with E-state index in [4.69, 9.17) is 23.7 Å². The van der Waals surface area contributed by atoms with Gasteiger partial charge in [-0.3, -0.25) is 9.53 Å². The second-order valence-electron chi connectivity index (χ2n) is 14.4. The van der Waals surface area contributed by atoms with E-state index in [1.165, 1.54) is 18.9 Å². The Morgan fingerprint density at radius 1 is 1.03 bits per heavy atom. The highest BCUT2D eigenvalue weighted by molar-refractivity contribution is 5.66. The summed E-state index contributed by atoms with van der Waals surface area (Å²) in [5.41, 5.74) is 1.39. The Bertz CT molecular complexity index is 1020. The van der Waals surface area contributed by atoms with E-state index in [-0.39, 0.29) is 40.5 Å². The molecule has 12 atom stereocenters. The number of hydrogen-bond acceptors (Lipinski definition) is 6. The molecule has 6 fully saturated rings. The van der Waals surface area contributed by atoms with Crippen molar-refractivity contribution in [3.63, 3.8) is 0 Å². The van der Waals surface area contributed by atoms with E-state index in [0.29, 0.717) is 23.7 Å². The van der Waals surface area contributed by atoms with Crippen molar-refractivity contribution in [3.05, 3.63) is 11.6 Å². The topological polar surface area (TPSA) is 63.2 Å². The van der Waals surface area contributed by atoms with Crippen molar-refractivity contribution in [3.8, 4) is 0 Å². The molecule has 3 aliphatic heterocycles. The van der Waals surface area contributed by atoms with E-state index in [2.05, 4.69) is 33.8 Å². The predicted molar refractivity (Wildman–Crippen MR) is 137 cm³/mol. The Hall–Kier alpha value is -0.950. The van der Waals surface area contributed by atoms with Crippen LogP contribution in [0.1, 0.15) is 99.3 Å². The zero-order chi connectivity index (χ0) is 26.0. The van der Waals surface area contributed by atoms with Crippen LogP contribution in [0.5, 0.6) is 0 Å². The summed E-state index contributed by atoms with van der Waals surface area (Å²) < 4.78 is 32.6. The van der Waals surface area contributed by atoms with Gasteiger partial charge in [-0.25, -0.2) is 0 Å². The van der Waals surface area contributed by atoms with Gasteiger partial charge < -0.3 is 18.9 Å². The molecule has 0 N–H and O–H groups in total. The molecule has 0 aromatic rings. The Morgan fingerprint density at radius 3 is 2.57 bits per heavy atom. The monoisotopic (exact) mass is 514 g/mol. The van der Waals surface area contributed by atoms with E-state index in [1.54, 1.807) is 0 Å². The number of esters is 1. The number of rotatable bonds is 1. The lowest BCUT2D eigenvalue weighted by molar-refractivity contribution is -0.486. The highest BCUT2D eigenvalue weighted by atomic mass is 16.9. The van der Waals surface area contributed by atoms with E-state index in [1.807, 2.05) is 6.92 Å². The van der Waals surface area contributed by atoms with Crippen LogP contribution in [0, 0.1) is 40.4 Å². The zero-order valence-corrected chi connectivity index (χ0v) is 23.6. The Labute approximate surface area is 222 Å². The average molecular weight is 515 g/mol. The Kier molecular flexibility index (Phi) is 5.30. The van der Waals surface area contributed by atoms with Crippen LogP contribution in [0.4, 0.5) is 0 Å². The van der Waals surface area contributed by atoms with Crippen molar-refractivity contribution in [2.24, 2.45) is 40.4 Å². The molecule has 2 spiro atoms. The molecular weight excluding hydrogens is 468 g/mol. The number of hydrogen-bond donors (Lipinski definition) is 0. The van der Waals surface area contributed by atoms with Crippen LogP contribution in [0.3, 0.4) is 0 Å². The summed E-state index contributed by atoms with van der Waals surface area (Å²) in [7, 11) is 0. The van der Waals surface area contributed by atoms with Crippen LogP contribution in [0.25, 0.3) is 0 Å². The third kappa shape index (κ3) is 3.16. The molecule has 37 heavy (non-hydrogen) atoms. The third-order valence-corrected chi connectivity index (χ3v) is 12.6. The van der Waals surface area contributed by atoms with Crippen LogP contribution >= 0.6 is 0 Å². The fraction of sp³-hybridized carbons (Fsp3) is 0.903. The molecule has 3 heterocycles. The predicted octanol–water partition coefficient (Wildman–Crippen LogP) is 6.13. The highest BCUT2D eigenvalue weighted by Gasteiger charge is 2.81. The van der Waals surface area contributed by atoms with Crippen molar-refractivity contribution < 1.29 is 28.5 Å². The second-order valence-corrected chi connectivity index (χ2v) is 14.4. The van der Waals surface area contributed by atoms with Gasteiger partial charge in [-0.2, -0.15) is 0 Å². The van der Waals surface area contributed by atoms with Crippen molar-refractivity contribution in [2.75, 3.05) is 6.61 Å². The maximum atomic E-state index is 11.6. The molecule has 7 aliphatic rings. The minimum Gasteiger partial charge on any atom is -0.462 e. The summed E-state index contributed by atoms with van der Waals surface area (Å²) in [6, 6.07) is 0. The van der Waals surface area contributed by atoms with Crippen LogP contribution in [0.15, 0.2) is 11.6 Å². The van der Waals surface area contributed by atoms with E-state index >= 15 is 0 Å². The maximum Gasteiger partial charge on any atom is 0.302 e. The molecule has 4 aliphatic carbocycles. The summed E-state index contributed by atoms with van der Waals surface area (Å²) in [6.07, 6.45) is 12.2. The summed E-state index contributed by atoms with van der Waals surface area (Å²) >= 11 is 0. The first kappa shape index (κ1) is 25.0. The maximum absolute atomic E-state index is 11.6. The lowest BCUT2D eigenvalue weighted by Crippen LogP contribution is -2.69. The molecule has 6 heteroatoms. The van der Waals surface area contributed by atoms with Gasteiger partial charge in [0, 0.05) is 38.0 Å². The number of carbonyl (C=O) groups excluding carboxylic acids is 1. The fourth-order valence-electron chi connectivity index (χ4n) is 10.8. The standard InChI is InChI=1S/C31H46O6/c1-18-9-14-30(33-17-18)19(2)31-26(35-29(6,36-30)37-31)16-25-23-8-7-21-15-22(34-20(3)32)10-12-27(21,4)24(23)11-13-28(25,31)5/h7,18-19,22-26H,8-17H2,1-6H3/t18?,19?,22-,23?,24?,25?,26+,27-,28-,29+,30?,31+/m0/s1. The van der Waals surface area contributed by atoms with Gasteiger partial charge >= 0.3 is 5.97 Å². The van der Waals surface area contributed by atoms with E-state index < -0.39 is 11.8 Å². The van der Waals surface area contributed by atoms with Crippen LogP contribution in [0.2, 0.25) is 0 Å². The highest BCUT2D eigenvalue weighted by Crippen LogP contribution is 2.74. The summed E-state index contributed by atoms with van der Waals surface area (Å²) in [5, 5.41) is 0. The molecule has 0 aromatic carbocycles. The van der Waals surface area contributed by atoms with Gasteiger partial charge in [-0.15, -0.1) is 0 Å². The minimum atomic E-state index is -1.02. The summed E-state index contributed by atoms with van der Waals surface area (Å²) in [5.74, 6) is 0.736. The SMILES string of the molecule is CC(=O)O[C@H]1CC[C@@]2(C)C(=CCC3C2CC[C@@]2(C)C3C[C@H]3O[C@]4(C)OC5(CCC(C)CO5)C(C)[C@@]32O4)C1. The van der Waals surface area contributed by atoms with Crippen molar-refractivity contribution in [1.29, 1.82) is 0 Å². The van der Waals surface area contributed by atoms with Crippen molar-refractivity contribution in [1.82, 2.24) is 0 Å². The first-order valence-electron chi connectivity index (χ1n) is 15.0. The summed E-state index contributed by atoms with van der Waals surface area (Å²) in [6.45, 7) is 13.9. The number of allylic oxidation sites excluding steroid dienone is 1. The molecular formula is C31H46O6. The summed E-state index contributed by atoms with van der Waals surface area (Å²) in [4.78, 5) is 11.6. The van der Waals surface area contributed by atoms with Gasteiger partial charge in [0.2, 0.25) is 0 Å². The molecule has 6 unspecified atom stereocenters. The van der Waals surface area contributed by atoms with Gasteiger partial charge in [0.05, 0.1) is 12.7 Å². The normalized spacial score (nSPS) is 58.1. The molecule has 0 amide bonds. The van der Waals surface area contributed by atoms with Gasteiger partial charge in [-0.1, -0.05) is 39.3 Å². The largest absolute Gasteiger partial charge is 0.462 e. The van der Waals surface area contributed by atoms with Gasteiger partial charge in [0.1, 0.15) is 11.7 Å². The molecule has 3 saturated heterocycles. The van der Waals surface area contributed by atoms with Gasteiger partial charge in [0.15, 0.2) is 5.79 Å². The van der Waals surface area contributed by atoms with Gasteiger partial charge in [0.25, 0.3) is 5.97 Å². The molecule has 6 nitrogen and oxygen atoms in total. The molecule has 206 valence electrons. The lowest BCUT2D eigenvalue weighted by atomic mass is 9.46. The zero-order valence-electron chi connectivity index (χ0n) is 23.6. The quantitative estimate of drug-likeness (QED) is 0.310. The molecule has 0 radical (unpaired) electrons. The number of fused-ring (bicyclic) bond motifs is 6. The first-order valence-corrected chi connectivity index (χ1v) is 15.0. The number of carbonyl (C=O) groups is 1. The lowest BCUT2D eigenvalue weighted by Gasteiger charge is -2.63. The van der Waals surface area contributed by atoms with Crippen LogP contribution in [-0.2, 0) is 28.5 Å². The van der Waals surface area contributed by atoms with E-state index in [9.17, 15) is 4.79 Å². The van der Waals surface area contributed by atoms with Crippen molar-refractivity contribution in [2.45, 2.75) is 129 Å². The average Bonchev–Trinajstić information content (AvgIpc) is 3.24. The third-order valence-electron chi connectivity index (χ3n) is 12.6. The molecule has 0 aromatic heterocycles. The smallest absolute Gasteiger partial charge is 0.302 e.